The van der Waals surface area contributed by atoms with E-state index in [-0.39, 0.29) is 0 Å². The highest BCUT2D eigenvalue weighted by molar-refractivity contribution is 7.71. The summed E-state index contributed by atoms with van der Waals surface area (Å²) in [5.74, 6) is 2.60. The molecule has 1 N–H and O–H groups in total. The molecule has 2 heterocycles. The van der Waals surface area contributed by atoms with Gasteiger partial charge in [-0.1, -0.05) is 26.2 Å². The molecule has 0 amide bonds. The molecular formula is C16H22N4S. The number of rotatable bonds is 4. The van der Waals surface area contributed by atoms with Gasteiger partial charge in [0, 0.05) is 24.5 Å². The van der Waals surface area contributed by atoms with E-state index in [2.05, 4.69) is 26.7 Å². The van der Waals surface area contributed by atoms with Gasteiger partial charge in [0.2, 0.25) is 0 Å². The molecule has 4 nitrogen and oxygen atoms in total. The minimum absolute atomic E-state index is 0.706. The Balaban J connectivity index is 1.74. The van der Waals surface area contributed by atoms with Crippen LogP contribution in [0.1, 0.15) is 39.0 Å². The SMILES string of the molecule is CC1CCCC(CCn2c(-c3cccnc3)n[nH]c2=S)C1. The lowest BCUT2D eigenvalue weighted by atomic mass is 9.81. The average Bonchev–Trinajstić information content (AvgIpc) is 2.87. The molecule has 2 aromatic heterocycles. The highest BCUT2D eigenvalue weighted by atomic mass is 32.1. The van der Waals surface area contributed by atoms with Gasteiger partial charge in [-0.25, -0.2) is 0 Å². The molecule has 3 rings (SSSR count). The van der Waals surface area contributed by atoms with E-state index in [1.54, 1.807) is 6.20 Å². The average molecular weight is 302 g/mol. The summed E-state index contributed by atoms with van der Waals surface area (Å²) in [6.45, 7) is 3.31. The summed E-state index contributed by atoms with van der Waals surface area (Å²) >= 11 is 5.39. The van der Waals surface area contributed by atoms with E-state index in [1.165, 1.54) is 32.1 Å². The van der Waals surface area contributed by atoms with E-state index in [1.807, 2.05) is 18.3 Å². The second kappa shape index (κ2) is 6.52. The molecule has 1 fully saturated rings. The highest BCUT2D eigenvalue weighted by Crippen LogP contribution is 2.31. The summed E-state index contributed by atoms with van der Waals surface area (Å²) in [6.07, 6.45) is 10.3. The Morgan fingerprint density at radius 2 is 2.33 bits per heavy atom. The number of aromatic amines is 1. The van der Waals surface area contributed by atoms with Crippen LogP contribution in [0.2, 0.25) is 0 Å². The van der Waals surface area contributed by atoms with Gasteiger partial charge in [0.05, 0.1) is 0 Å². The maximum Gasteiger partial charge on any atom is 0.195 e. The molecular weight excluding hydrogens is 280 g/mol. The van der Waals surface area contributed by atoms with E-state index in [9.17, 15) is 0 Å². The fourth-order valence-corrected chi connectivity index (χ4v) is 3.60. The van der Waals surface area contributed by atoms with Gasteiger partial charge in [-0.15, -0.1) is 0 Å². The van der Waals surface area contributed by atoms with Crippen molar-refractivity contribution in [2.24, 2.45) is 11.8 Å². The first-order valence-electron chi connectivity index (χ1n) is 7.79. The molecule has 2 unspecified atom stereocenters. The summed E-state index contributed by atoms with van der Waals surface area (Å²) in [5, 5.41) is 7.29. The van der Waals surface area contributed by atoms with Gasteiger partial charge < -0.3 is 4.57 Å². The van der Waals surface area contributed by atoms with Gasteiger partial charge in [-0.3, -0.25) is 10.1 Å². The summed E-state index contributed by atoms with van der Waals surface area (Å²) in [4.78, 5) is 4.17. The van der Waals surface area contributed by atoms with Gasteiger partial charge in [0.1, 0.15) is 0 Å². The number of pyridine rings is 1. The lowest BCUT2D eigenvalue weighted by Crippen LogP contribution is -2.15. The van der Waals surface area contributed by atoms with Crippen molar-refractivity contribution in [2.45, 2.75) is 45.6 Å². The lowest BCUT2D eigenvalue weighted by molar-refractivity contribution is 0.261. The predicted octanol–water partition coefficient (Wildman–Crippen LogP) is 4.22. The number of hydrogen-bond acceptors (Lipinski definition) is 3. The van der Waals surface area contributed by atoms with Crippen molar-refractivity contribution >= 4 is 12.2 Å². The van der Waals surface area contributed by atoms with Crippen LogP contribution in [0.5, 0.6) is 0 Å². The maximum absolute atomic E-state index is 5.39. The summed E-state index contributed by atoms with van der Waals surface area (Å²) in [6, 6.07) is 3.96. The number of aromatic nitrogens is 4. The first-order chi connectivity index (χ1) is 10.2. The van der Waals surface area contributed by atoms with Crippen LogP contribution in [0.4, 0.5) is 0 Å². The first-order valence-corrected chi connectivity index (χ1v) is 8.20. The van der Waals surface area contributed by atoms with Crippen LogP contribution >= 0.6 is 12.2 Å². The molecule has 1 saturated carbocycles. The zero-order valence-corrected chi connectivity index (χ0v) is 13.3. The van der Waals surface area contributed by atoms with Crippen molar-refractivity contribution in [1.29, 1.82) is 0 Å². The molecule has 0 bridgehead atoms. The van der Waals surface area contributed by atoms with E-state index in [0.29, 0.717) is 4.77 Å². The number of nitrogens with zero attached hydrogens (tertiary/aromatic N) is 3. The van der Waals surface area contributed by atoms with Gasteiger partial charge in [0.15, 0.2) is 10.6 Å². The Bertz CT molecular complexity index is 631. The standard InChI is InChI=1S/C16H22N4S/c1-12-4-2-5-13(10-12)7-9-20-15(18-19-16(20)21)14-6-3-8-17-11-14/h3,6,8,11-13H,2,4-5,7,9-10H2,1H3,(H,19,21). The third kappa shape index (κ3) is 3.40. The maximum atomic E-state index is 5.39. The molecule has 21 heavy (non-hydrogen) atoms. The Morgan fingerprint density at radius 1 is 1.43 bits per heavy atom. The highest BCUT2D eigenvalue weighted by Gasteiger charge is 2.19. The molecule has 0 spiro atoms. The van der Waals surface area contributed by atoms with Crippen LogP contribution < -0.4 is 0 Å². The number of H-pyrrole nitrogens is 1. The molecule has 2 aromatic rings. The predicted molar refractivity (Wildman–Crippen MR) is 86.4 cm³/mol. The first kappa shape index (κ1) is 14.4. The minimum Gasteiger partial charge on any atom is -0.300 e. The topological polar surface area (TPSA) is 46.5 Å². The van der Waals surface area contributed by atoms with Crippen LogP contribution in [-0.4, -0.2) is 19.7 Å². The molecule has 5 heteroatoms. The van der Waals surface area contributed by atoms with Gasteiger partial charge >= 0.3 is 0 Å². The smallest absolute Gasteiger partial charge is 0.195 e. The van der Waals surface area contributed by atoms with Crippen LogP contribution in [0.25, 0.3) is 11.4 Å². The summed E-state index contributed by atoms with van der Waals surface area (Å²) in [5.41, 5.74) is 1.02. The molecule has 0 aromatic carbocycles. The normalized spacial score (nSPS) is 22.3. The quantitative estimate of drug-likeness (QED) is 0.860. The fraction of sp³-hybridized carbons (Fsp3) is 0.562. The van der Waals surface area contributed by atoms with Gasteiger partial charge in [0.25, 0.3) is 0 Å². The fourth-order valence-electron chi connectivity index (χ4n) is 3.37. The summed E-state index contributed by atoms with van der Waals surface area (Å²) < 4.78 is 2.82. The summed E-state index contributed by atoms with van der Waals surface area (Å²) in [7, 11) is 0. The van der Waals surface area contributed by atoms with E-state index < -0.39 is 0 Å². The minimum atomic E-state index is 0.706. The van der Waals surface area contributed by atoms with Crippen molar-refractivity contribution in [3.05, 3.63) is 29.3 Å². The van der Waals surface area contributed by atoms with Crippen LogP contribution in [0, 0.1) is 16.6 Å². The van der Waals surface area contributed by atoms with E-state index >= 15 is 0 Å². The van der Waals surface area contributed by atoms with Crippen molar-refractivity contribution < 1.29 is 0 Å². The zero-order chi connectivity index (χ0) is 14.7. The van der Waals surface area contributed by atoms with Crippen molar-refractivity contribution in [1.82, 2.24) is 19.7 Å². The Labute approximate surface area is 130 Å². The van der Waals surface area contributed by atoms with Crippen LogP contribution in [0.3, 0.4) is 0 Å². The second-order valence-electron chi connectivity index (χ2n) is 6.17. The van der Waals surface area contributed by atoms with E-state index in [4.69, 9.17) is 12.2 Å². The van der Waals surface area contributed by atoms with Crippen molar-refractivity contribution in [3.8, 4) is 11.4 Å². The lowest BCUT2D eigenvalue weighted by Gasteiger charge is -2.26. The molecule has 112 valence electrons. The van der Waals surface area contributed by atoms with Gasteiger partial charge in [-0.2, -0.15) is 5.10 Å². The number of hydrogen-bond donors (Lipinski definition) is 1. The third-order valence-electron chi connectivity index (χ3n) is 4.48. The molecule has 0 aliphatic heterocycles. The number of nitrogens with one attached hydrogen (secondary N) is 1. The molecule has 0 saturated heterocycles. The van der Waals surface area contributed by atoms with Crippen molar-refractivity contribution in [3.63, 3.8) is 0 Å². The molecule has 0 radical (unpaired) electrons. The molecule has 2 atom stereocenters. The van der Waals surface area contributed by atoms with Crippen molar-refractivity contribution in [2.75, 3.05) is 0 Å². The van der Waals surface area contributed by atoms with Crippen LogP contribution in [0.15, 0.2) is 24.5 Å². The van der Waals surface area contributed by atoms with Crippen LogP contribution in [-0.2, 0) is 6.54 Å². The third-order valence-corrected chi connectivity index (χ3v) is 4.80. The second-order valence-corrected chi connectivity index (χ2v) is 6.56. The van der Waals surface area contributed by atoms with E-state index in [0.717, 1.165) is 29.8 Å². The van der Waals surface area contributed by atoms with Gasteiger partial charge in [-0.05, 0) is 49.0 Å². The Kier molecular flexibility index (Phi) is 4.48. The molecule has 1 aliphatic carbocycles. The Hall–Kier alpha value is -1.49. The Morgan fingerprint density at radius 3 is 3.10 bits per heavy atom. The largest absolute Gasteiger partial charge is 0.300 e. The monoisotopic (exact) mass is 302 g/mol. The molecule has 1 aliphatic rings. The zero-order valence-electron chi connectivity index (χ0n) is 12.5.